The summed E-state index contributed by atoms with van der Waals surface area (Å²) in [5.41, 5.74) is 1.41. The van der Waals surface area contributed by atoms with Gasteiger partial charge in [0.1, 0.15) is 18.1 Å². The van der Waals surface area contributed by atoms with Crippen molar-refractivity contribution in [2.24, 2.45) is 0 Å². The van der Waals surface area contributed by atoms with Gasteiger partial charge in [0.2, 0.25) is 0 Å². The molecule has 2 N–H and O–H groups in total. The van der Waals surface area contributed by atoms with Crippen LogP contribution < -0.4 is 10.2 Å². The first-order valence-corrected chi connectivity index (χ1v) is 8.89. The molecule has 6 nitrogen and oxygen atoms in total. The molecule has 2 rings (SSSR count). The predicted octanol–water partition coefficient (Wildman–Crippen LogP) is 0.649. The third-order valence-electron chi connectivity index (χ3n) is 3.91. The molecule has 1 aromatic heterocycles. The van der Waals surface area contributed by atoms with Gasteiger partial charge >= 0.3 is 5.97 Å². The van der Waals surface area contributed by atoms with Crippen molar-refractivity contribution in [1.29, 1.82) is 0 Å². The van der Waals surface area contributed by atoms with Gasteiger partial charge in [-0.25, -0.2) is 4.79 Å². The molecule has 1 amide bonds. The third-order valence-corrected chi connectivity index (χ3v) is 5.26. The van der Waals surface area contributed by atoms with E-state index in [1.807, 2.05) is 13.8 Å². The summed E-state index contributed by atoms with van der Waals surface area (Å²) in [4.78, 5) is 26.8. The van der Waals surface area contributed by atoms with Crippen molar-refractivity contribution in [2.75, 3.05) is 44.8 Å². The topological polar surface area (TPSA) is 69.1 Å². The maximum absolute atomic E-state index is 12.3. The maximum Gasteiger partial charge on any atom is 0.341 e. The standard InChI is InChI=1S/C16H24N2O4S/c1-4-12-11(3)14(16(20)22-5-2)15(23-12)17-13(19)10-18-6-8-21-9-7-18/h4-10H2,1-3H3,(H,17,19)/p+1. The molecule has 23 heavy (non-hydrogen) atoms. The second-order valence-electron chi connectivity index (χ2n) is 5.52. The number of amides is 1. The SMILES string of the molecule is CCOC(=O)c1c(NC(=O)C[NH+]2CCOCC2)sc(CC)c1C. The van der Waals surface area contributed by atoms with Crippen molar-refractivity contribution in [1.82, 2.24) is 0 Å². The van der Waals surface area contributed by atoms with Crippen LogP contribution in [0.5, 0.6) is 0 Å². The van der Waals surface area contributed by atoms with Gasteiger partial charge in [-0.15, -0.1) is 11.3 Å². The molecule has 7 heteroatoms. The molecule has 0 aromatic carbocycles. The summed E-state index contributed by atoms with van der Waals surface area (Å²) >= 11 is 1.46. The predicted molar refractivity (Wildman–Crippen MR) is 89.4 cm³/mol. The van der Waals surface area contributed by atoms with Crippen LogP contribution in [0.1, 0.15) is 34.6 Å². The monoisotopic (exact) mass is 341 g/mol. The summed E-state index contributed by atoms with van der Waals surface area (Å²) in [6.07, 6.45) is 0.827. The van der Waals surface area contributed by atoms with Crippen molar-refractivity contribution >= 4 is 28.2 Å². The molecule has 0 radical (unpaired) electrons. The van der Waals surface area contributed by atoms with Gasteiger partial charge in [-0.3, -0.25) is 4.79 Å². The van der Waals surface area contributed by atoms with E-state index in [2.05, 4.69) is 5.32 Å². The van der Waals surface area contributed by atoms with E-state index < -0.39 is 0 Å². The van der Waals surface area contributed by atoms with E-state index in [9.17, 15) is 9.59 Å². The van der Waals surface area contributed by atoms with Gasteiger partial charge in [-0.1, -0.05) is 6.92 Å². The Labute approximate surface area is 140 Å². The lowest BCUT2D eigenvalue weighted by molar-refractivity contribution is -0.899. The molecule has 1 aromatic rings. The van der Waals surface area contributed by atoms with Gasteiger partial charge in [0.25, 0.3) is 5.91 Å². The Morgan fingerprint density at radius 3 is 2.61 bits per heavy atom. The Balaban J connectivity index is 2.11. The van der Waals surface area contributed by atoms with Crippen molar-refractivity contribution in [3.05, 3.63) is 16.0 Å². The number of rotatable bonds is 6. The van der Waals surface area contributed by atoms with Gasteiger partial charge in [0.15, 0.2) is 6.54 Å². The molecule has 0 aliphatic carbocycles. The van der Waals surface area contributed by atoms with E-state index in [4.69, 9.17) is 9.47 Å². The van der Waals surface area contributed by atoms with Gasteiger partial charge < -0.3 is 19.7 Å². The molecular weight excluding hydrogens is 316 g/mol. The highest BCUT2D eigenvalue weighted by Gasteiger charge is 2.24. The normalized spacial score (nSPS) is 15.4. The van der Waals surface area contributed by atoms with Crippen molar-refractivity contribution in [3.63, 3.8) is 0 Å². The summed E-state index contributed by atoms with van der Waals surface area (Å²) in [5.74, 6) is -0.439. The fourth-order valence-electron chi connectivity index (χ4n) is 2.67. The second kappa shape index (κ2) is 8.42. The van der Waals surface area contributed by atoms with Gasteiger partial charge in [0, 0.05) is 4.88 Å². The van der Waals surface area contributed by atoms with E-state index in [1.54, 1.807) is 6.92 Å². The molecule has 0 spiro atoms. The average Bonchev–Trinajstić information content (AvgIpc) is 2.84. The molecule has 1 fully saturated rings. The van der Waals surface area contributed by atoms with Gasteiger partial charge in [0.05, 0.1) is 25.4 Å². The van der Waals surface area contributed by atoms with Crippen LogP contribution in [0.4, 0.5) is 5.00 Å². The van der Waals surface area contributed by atoms with E-state index in [-0.39, 0.29) is 11.9 Å². The van der Waals surface area contributed by atoms with Crippen molar-refractivity contribution < 1.29 is 24.0 Å². The number of esters is 1. The van der Waals surface area contributed by atoms with Gasteiger partial charge in [-0.05, 0) is 25.8 Å². The molecular formula is C16H25N2O4S+. The summed E-state index contributed by atoms with van der Waals surface area (Å²) in [6, 6.07) is 0. The second-order valence-corrected chi connectivity index (χ2v) is 6.62. The fraction of sp³-hybridized carbons (Fsp3) is 0.625. The van der Waals surface area contributed by atoms with Crippen LogP contribution in [-0.2, 0) is 20.7 Å². The maximum atomic E-state index is 12.3. The zero-order valence-corrected chi connectivity index (χ0v) is 14.8. The number of nitrogens with one attached hydrogen (secondary N) is 2. The molecule has 128 valence electrons. The number of anilines is 1. The summed E-state index contributed by atoms with van der Waals surface area (Å²) in [6.45, 7) is 9.49. The number of morpholine rings is 1. The Morgan fingerprint density at radius 2 is 2.00 bits per heavy atom. The molecule has 2 heterocycles. The lowest BCUT2D eigenvalue weighted by Crippen LogP contribution is -3.15. The average molecular weight is 341 g/mol. The van der Waals surface area contributed by atoms with Crippen LogP contribution in [0.15, 0.2) is 0 Å². The molecule has 0 unspecified atom stereocenters. The molecule has 1 saturated heterocycles. The summed E-state index contributed by atoms with van der Waals surface area (Å²) in [7, 11) is 0. The number of carbonyl (C=O) groups excluding carboxylic acids is 2. The van der Waals surface area contributed by atoms with E-state index in [0.717, 1.165) is 30.0 Å². The van der Waals surface area contributed by atoms with Crippen LogP contribution in [-0.4, -0.2) is 51.3 Å². The quantitative estimate of drug-likeness (QED) is 0.746. The minimum absolute atomic E-state index is 0.0728. The van der Waals surface area contributed by atoms with Crippen molar-refractivity contribution in [2.45, 2.75) is 27.2 Å². The number of hydrogen-bond donors (Lipinski definition) is 2. The van der Waals surface area contributed by atoms with Crippen LogP contribution in [0, 0.1) is 6.92 Å². The summed E-state index contributed by atoms with van der Waals surface area (Å²) in [5, 5.41) is 3.52. The Hall–Kier alpha value is -1.44. The lowest BCUT2D eigenvalue weighted by atomic mass is 10.1. The molecule has 1 aliphatic rings. The van der Waals surface area contributed by atoms with E-state index >= 15 is 0 Å². The minimum Gasteiger partial charge on any atom is -0.462 e. The van der Waals surface area contributed by atoms with E-state index in [1.165, 1.54) is 16.2 Å². The first-order chi connectivity index (χ1) is 11.1. The number of aryl methyl sites for hydroxylation is 1. The summed E-state index contributed by atoms with van der Waals surface area (Å²) < 4.78 is 10.4. The molecule has 0 saturated carbocycles. The number of hydrogen-bond acceptors (Lipinski definition) is 5. The smallest absolute Gasteiger partial charge is 0.341 e. The highest BCUT2D eigenvalue weighted by Crippen LogP contribution is 2.33. The number of quaternary nitrogens is 1. The highest BCUT2D eigenvalue weighted by molar-refractivity contribution is 7.17. The Bertz CT molecular complexity index is 565. The molecule has 1 aliphatic heterocycles. The van der Waals surface area contributed by atoms with Crippen LogP contribution >= 0.6 is 11.3 Å². The Morgan fingerprint density at radius 1 is 1.30 bits per heavy atom. The zero-order valence-electron chi connectivity index (χ0n) is 14.0. The number of thiophene rings is 1. The molecule has 0 bridgehead atoms. The number of carbonyl (C=O) groups is 2. The zero-order chi connectivity index (χ0) is 16.8. The Kier molecular flexibility index (Phi) is 6.56. The number of ether oxygens (including phenoxy) is 2. The van der Waals surface area contributed by atoms with Gasteiger partial charge in [-0.2, -0.15) is 0 Å². The third kappa shape index (κ3) is 4.53. The fourth-order valence-corrected chi connectivity index (χ4v) is 3.82. The largest absolute Gasteiger partial charge is 0.462 e. The lowest BCUT2D eigenvalue weighted by Gasteiger charge is -2.23. The van der Waals surface area contributed by atoms with Crippen LogP contribution in [0.25, 0.3) is 0 Å². The first-order valence-electron chi connectivity index (χ1n) is 8.07. The first kappa shape index (κ1) is 17.9. The highest BCUT2D eigenvalue weighted by atomic mass is 32.1. The van der Waals surface area contributed by atoms with E-state index in [0.29, 0.717) is 36.9 Å². The van der Waals surface area contributed by atoms with Crippen LogP contribution in [0.3, 0.4) is 0 Å². The minimum atomic E-state index is -0.366. The van der Waals surface area contributed by atoms with Crippen molar-refractivity contribution in [3.8, 4) is 0 Å². The molecule has 0 atom stereocenters. The van der Waals surface area contributed by atoms with Crippen LogP contribution in [0.2, 0.25) is 0 Å².